The van der Waals surface area contributed by atoms with Crippen molar-refractivity contribution in [3.8, 4) is 0 Å². The predicted molar refractivity (Wildman–Crippen MR) is 48.1 cm³/mol. The van der Waals surface area contributed by atoms with Gasteiger partial charge in [-0.25, -0.2) is 9.18 Å². The van der Waals surface area contributed by atoms with Crippen molar-refractivity contribution >= 4 is 11.5 Å². The van der Waals surface area contributed by atoms with Crippen LogP contribution in [-0.2, 0) is 0 Å². The summed E-state index contributed by atoms with van der Waals surface area (Å²) in [5.41, 5.74) is 1.03. The van der Waals surface area contributed by atoms with Crippen molar-refractivity contribution in [2.24, 2.45) is 0 Å². The Morgan fingerprint density at radius 3 is 2.62 bits per heavy atom. The molecule has 0 amide bonds. The molecule has 0 atom stereocenters. The average molecular weight is 180 g/mol. The minimum atomic E-state index is -1.26. The number of carboxylic acid groups (broad SMARTS) is 1. The van der Waals surface area contributed by atoms with E-state index in [9.17, 15) is 9.18 Å². The van der Waals surface area contributed by atoms with Crippen LogP contribution in [0, 0.1) is 5.82 Å². The molecule has 0 aliphatic rings. The zero-order chi connectivity index (χ0) is 10.0. The summed E-state index contributed by atoms with van der Waals surface area (Å²) >= 11 is 0. The summed E-state index contributed by atoms with van der Waals surface area (Å²) in [6.07, 6.45) is 0. The summed E-state index contributed by atoms with van der Waals surface area (Å²) < 4.78 is 12.9. The third-order valence-corrected chi connectivity index (χ3v) is 1.69. The number of hydrogen-bond acceptors (Lipinski definition) is 1. The number of hydrogen-bond donors (Lipinski definition) is 1. The normalized spacial score (nSPS) is 9.69. The van der Waals surface area contributed by atoms with Gasteiger partial charge in [0, 0.05) is 0 Å². The van der Waals surface area contributed by atoms with Gasteiger partial charge in [0.05, 0.1) is 5.56 Å². The van der Waals surface area contributed by atoms with Crippen molar-refractivity contribution in [3.63, 3.8) is 0 Å². The molecule has 0 aromatic heterocycles. The van der Waals surface area contributed by atoms with Crippen LogP contribution in [0.2, 0.25) is 0 Å². The number of rotatable bonds is 2. The highest BCUT2D eigenvalue weighted by atomic mass is 19.1. The van der Waals surface area contributed by atoms with E-state index < -0.39 is 11.8 Å². The third kappa shape index (κ3) is 1.93. The fourth-order valence-electron chi connectivity index (χ4n) is 0.955. The molecule has 2 nitrogen and oxygen atoms in total. The first-order valence-corrected chi connectivity index (χ1v) is 3.71. The van der Waals surface area contributed by atoms with E-state index in [-0.39, 0.29) is 5.56 Å². The van der Waals surface area contributed by atoms with Crippen LogP contribution in [0.15, 0.2) is 24.8 Å². The minimum Gasteiger partial charge on any atom is -0.478 e. The second-order valence-corrected chi connectivity index (χ2v) is 2.78. The molecule has 0 saturated carbocycles. The summed E-state index contributed by atoms with van der Waals surface area (Å²) in [6, 6.07) is 3.91. The van der Waals surface area contributed by atoms with Gasteiger partial charge in [0.1, 0.15) is 5.82 Å². The van der Waals surface area contributed by atoms with E-state index in [0.717, 1.165) is 6.07 Å². The van der Waals surface area contributed by atoms with E-state index in [1.165, 1.54) is 12.1 Å². The Morgan fingerprint density at radius 2 is 2.15 bits per heavy atom. The molecule has 0 bridgehead atoms. The molecule has 1 N–H and O–H groups in total. The summed E-state index contributed by atoms with van der Waals surface area (Å²) in [4.78, 5) is 10.5. The molecule has 13 heavy (non-hydrogen) atoms. The van der Waals surface area contributed by atoms with Crippen molar-refractivity contribution in [2.75, 3.05) is 0 Å². The van der Waals surface area contributed by atoms with Crippen LogP contribution in [0.5, 0.6) is 0 Å². The van der Waals surface area contributed by atoms with Gasteiger partial charge in [0.15, 0.2) is 0 Å². The lowest BCUT2D eigenvalue weighted by Gasteiger charge is -2.02. The lowest BCUT2D eigenvalue weighted by molar-refractivity contribution is 0.0692. The fourth-order valence-corrected chi connectivity index (χ4v) is 0.955. The van der Waals surface area contributed by atoms with Gasteiger partial charge >= 0.3 is 5.97 Å². The predicted octanol–water partition coefficient (Wildman–Crippen LogP) is 2.56. The van der Waals surface area contributed by atoms with Crippen molar-refractivity contribution in [2.45, 2.75) is 6.92 Å². The molecule has 0 saturated heterocycles. The molecule has 1 aromatic rings. The number of aromatic carboxylic acids is 1. The molecular weight excluding hydrogens is 171 g/mol. The number of carbonyl (C=O) groups is 1. The Kier molecular flexibility index (Phi) is 2.46. The molecule has 0 spiro atoms. The van der Waals surface area contributed by atoms with Gasteiger partial charge in [-0.2, -0.15) is 0 Å². The zero-order valence-electron chi connectivity index (χ0n) is 7.17. The molecule has 0 fully saturated rings. The van der Waals surface area contributed by atoms with Gasteiger partial charge in [0.2, 0.25) is 0 Å². The molecule has 1 rings (SSSR count). The average Bonchev–Trinajstić information content (AvgIpc) is 2.04. The van der Waals surface area contributed by atoms with Crippen molar-refractivity contribution in [1.29, 1.82) is 0 Å². The van der Waals surface area contributed by atoms with E-state index in [1.807, 2.05) is 0 Å². The quantitative estimate of drug-likeness (QED) is 0.759. The largest absolute Gasteiger partial charge is 0.478 e. The van der Waals surface area contributed by atoms with E-state index >= 15 is 0 Å². The van der Waals surface area contributed by atoms with E-state index in [1.54, 1.807) is 6.92 Å². The summed E-state index contributed by atoms with van der Waals surface area (Å²) in [6.45, 7) is 5.38. The number of allylic oxidation sites excluding steroid dienone is 1. The Hall–Kier alpha value is -1.64. The molecule has 0 aliphatic carbocycles. The number of carboxylic acids is 1. The molecule has 0 aliphatic heterocycles. The first-order chi connectivity index (χ1) is 6.02. The molecule has 3 heteroatoms. The highest BCUT2D eigenvalue weighted by molar-refractivity contribution is 5.89. The van der Waals surface area contributed by atoms with Gasteiger partial charge in [0.25, 0.3) is 0 Å². The SMILES string of the molecule is C=C(C)c1ccc(F)c(C(=O)O)c1. The highest BCUT2D eigenvalue weighted by Crippen LogP contribution is 2.16. The topological polar surface area (TPSA) is 37.3 Å². The van der Waals surface area contributed by atoms with Gasteiger partial charge < -0.3 is 5.11 Å². The van der Waals surface area contributed by atoms with Crippen LogP contribution in [0.3, 0.4) is 0 Å². The first-order valence-electron chi connectivity index (χ1n) is 3.71. The second-order valence-electron chi connectivity index (χ2n) is 2.78. The van der Waals surface area contributed by atoms with Gasteiger partial charge in [-0.1, -0.05) is 18.2 Å². The fraction of sp³-hybridized carbons (Fsp3) is 0.100. The van der Waals surface area contributed by atoms with Crippen molar-refractivity contribution in [1.82, 2.24) is 0 Å². The van der Waals surface area contributed by atoms with Gasteiger partial charge in [-0.15, -0.1) is 0 Å². The van der Waals surface area contributed by atoms with E-state index in [4.69, 9.17) is 5.11 Å². The Balaban J connectivity index is 3.27. The maximum Gasteiger partial charge on any atom is 0.338 e. The van der Waals surface area contributed by atoms with Crippen molar-refractivity contribution < 1.29 is 14.3 Å². The maximum atomic E-state index is 12.9. The van der Waals surface area contributed by atoms with E-state index in [0.29, 0.717) is 11.1 Å². The standard InChI is InChI=1S/C10H9FO2/c1-6(2)7-3-4-9(11)8(5-7)10(12)13/h3-5H,1H2,2H3,(H,12,13). The Morgan fingerprint density at radius 1 is 1.54 bits per heavy atom. The number of halogens is 1. The maximum absolute atomic E-state index is 12.9. The molecule has 68 valence electrons. The summed E-state index contributed by atoms with van der Waals surface area (Å²) in [5, 5.41) is 8.60. The smallest absolute Gasteiger partial charge is 0.338 e. The van der Waals surface area contributed by atoms with Crippen LogP contribution < -0.4 is 0 Å². The van der Waals surface area contributed by atoms with Gasteiger partial charge in [-0.05, 0) is 24.6 Å². The Bertz CT molecular complexity index is 369. The zero-order valence-corrected chi connectivity index (χ0v) is 7.17. The van der Waals surface area contributed by atoms with Crippen molar-refractivity contribution in [3.05, 3.63) is 41.7 Å². The third-order valence-electron chi connectivity index (χ3n) is 1.69. The second kappa shape index (κ2) is 3.39. The first kappa shape index (κ1) is 9.45. The molecular formula is C10H9FO2. The molecule has 0 radical (unpaired) electrons. The molecule has 1 aromatic carbocycles. The monoisotopic (exact) mass is 180 g/mol. The van der Waals surface area contributed by atoms with Crippen LogP contribution in [0.1, 0.15) is 22.8 Å². The lowest BCUT2D eigenvalue weighted by Crippen LogP contribution is -2.00. The number of benzene rings is 1. The van der Waals surface area contributed by atoms with Gasteiger partial charge in [-0.3, -0.25) is 0 Å². The minimum absolute atomic E-state index is 0.319. The lowest BCUT2D eigenvalue weighted by atomic mass is 10.1. The molecule has 0 heterocycles. The summed E-state index contributed by atoms with van der Waals surface area (Å²) in [5.74, 6) is -1.99. The molecule has 0 unspecified atom stereocenters. The van der Waals surface area contributed by atoms with Crippen LogP contribution in [0.25, 0.3) is 5.57 Å². The summed E-state index contributed by atoms with van der Waals surface area (Å²) in [7, 11) is 0. The van der Waals surface area contributed by atoms with E-state index in [2.05, 4.69) is 6.58 Å². The highest BCUT2D eigenvalue weighted by Gasteiger charge is 2.10. The Labute approximate surface area is 75.3 Å². The van der Waals surface area contributed by atoms with Crippen LogP contribution in [0.4, 0.5) is 4.39 Å². The van der Waals surface area contributed by atoms with Crippen LogP contribution >= 0.6 is 0 Å². The van der Waals surface area contributed by atoms with Crippen LogP contribution in [-0.4, -0.2) is 11.1 Å².